The first-order valence-electron chi connectivity index (χ1n) is 8.32. The Morgan fingerprint density at radius 1 is 1.10 bits per heavy atom. The lowest BCUT2D eigenvalue weighted by Crippen LogP contribution is -2.39. The SMILES string of the molecule is N#Cc1ccc(N(C(=O)C(F)(F)F)c2cccc3c2CCC([O-])=C3C(=O)O)cc1. The highest BCUT2D eigenvalue weighted by atomic mass is 19.4. The fraction of sp³-hybridized carbons (Fsp3) is 0.150. The largest absolute Gasteiger partial charge is 0.875 e. The van der Waals surface area contributed by atoms with Gasteiger partial charge in [0.25, 0.3) is 0 Å². The van der Waals surface area contributed by atoms with Crippen LogP contribution in [0.1, 0.15) is 23.1 Å². The van der Waals surface area contributed by atoms with Crippen molar-refractivity contribution in [1.29, 1.82) is 5.26 Å². The van der Waals surface area contributed by atoms with Crippen molar-refractivity contribution in [3.05, 3.63) is 64.9 Å². The molecule has 3 rings (SSSR count). The highest BCUT2D eigenvalue weighted by Crippen LogP contribution is 2.39. The average Bonchev–Trinajstić information content (AvgIpc) is 2.67. The molecule has 0 aromatic heterocycles. The van der Waals surface area contributed by atoms with E-state index < -0.39 is 29.4 Å². The van der Waals surface area contributed by atoms with Gasteiger partial charge < -0.3 is 10.2 Å². The van der Waals surface area contributed by atoms with Crippen molar-refractivity contribution in [2.45, 2.75) is 19.0 Å². The molecule has 1 aliphatic carbocycles. The predicted molar refractivity (Wildman–Crippen MR) is 93.7 cm³/mol. The van der Waals surface area contributed by atoms with Crippen LogP contribution in [0.25, 0.3) is 5.57 Å². The molecule has 0 unspecified atom stereocenters. The number of carboxylic acid groups (broad SMARTS) is 1. The third-order valence-electron chi connectivity index (χ3n) is 4.46. The smallest absolute Gasteiger partial charge is 0.472 e. The lowest BCUT2D eigenvalue weighted by Gasteiger charge is -2.31. The summed E-state index contributed by atoms with van der Waals surface area (Å²) in [5.41, 5.74) is -0.497. The molecule has 0 bridgehead atoms. The molecule has 1 aliphatic rings. The summed E-state index contributed by atoms with van der Waals surface area (Å²) in [5, 5.41) is 30.2. The highest BCUT2D eigenvalue weighted by Gasteiger charge is 2.44. The van der Waals surface area contributed by atoms with Gasteiger partial charge in [0.05, 0.1) is 22.9 Å². The van der Waals surface area contributed by atoms with Crippen molar-refractivity contribution < 1.29 is 33.0 Å². The standard InChI is InChI=1S/C20H13F3N2O4/c21-20(22,23)19(29)25(12-6-4-11(10-24)5-7-12)15-3-1-2-14-13(15)8-9-16(26)17(14)18(27)28/h1-7,26H,8-9H2,(H,27,28)/p-1. The van der Waals surface area contributed by atoms with Crippen molar-refractivity contribution in [3.63, 3.8) is 0 Å². The predicted octanol–water partition coefficient (Wildman–Crippen LogP) is 2.89. The number of rotatable bonds is 3. The third-order valence-corrected chi connectivity index (χ3v) is 4.46. The van der Waals surface area contributed by atoms with Crippen LogP contribution in [-0.4, -0.2) is 23.2 Å². The van der Waals surface area contributed by atoms with E-state index in [1.807, 2.05) is 6.07 Å². The summed E-state index contributed by atoms with van der Waals surface area (Å²) in [6, 6.07) is 10.6. The maximum atomic E-state index is 13.3. The monoisotopic (exact) mass is 401 g/mol. The molecule has 0 saturated heterocycles. The zero-order valence-electron chi connectivity index (χ0n) is 14.7. The number of amides is 1. The molecule has 9 heteroatoms. The number of anilines is 2. The number of halogens is 3. The van der Waals surface area contributed by atoms with Gasteiger partial charge in [0.2, 0.25) is 0 Å². The van der Waals surface area contributed by atoms with E-state index in [-0.39, 0.29) is 40.9 Å². The fourth-order valence-electron chi connectivity index (χ4n) is 3.21. The first-order chi connectivity index (χ1) is 13.6. The van der Waals surface area contributed by atoms with Crippen LogP contribution < -0.4 is 10.0 Å². The number of benzene rings is 2. The van der Waals surface area contributed by atoms with Gasteiger partial charge in [-0.2, -0.15) is 18.4 Å². The van der Waals surface area contributed by atoms with Gasteiger partial charge in [-0.05, 0) is 54.3 Å². The Morgan fingerprint density at radius 2 is 1.76 bits per heavy atom. The lowest BCUT2D eigenvalue weighted by atomic mass is 9.88. The minimum atomic E-state index is -5.21. The Kier molecular flexibility index (Phi) is 5.03. The maximum absolute atomic E-state index is 13.3. The summed E-state index contributed by atoms with van der Waals surface area (Å²) in [5.74, 6) is -4.29. The Hall–Kier alpha value is -3.80. The number of carboxylic acids is 1. The second-order valence-electron chi connectivity index (χ2n) is 6.20. The van der Waals surface area contributed by atoms with Gasteiger partial charge in [0.15, 0.2) is 0 Å². The summed E-state index contributed by atoms with van der Waals surface area (Å²) >= 11 is 0. The Morgan fingerprint density at radius 3 is 2.31 bits per heavy atom. The summed E-state index contributed by atoms with van der Waals surface area (Å²) in [6.45, 7) is 0. The number of hydrogen-bond donors (Lipinski definition) is 1. The molecule has 148 valence electrons. The molecule has 1 N–H and O–H groups in total. The van der Waals surface area contributed by atoms with Crippen LogP contribution in [0.5, 0.6) is 0 Å². The number of aliphatic carboxylic acids is 1. The first kappa shape index (κ1) is 19.9. The quantitative estimate of drug-likeness (QED) is 0.852. The molecule has 0 saturated carbocycles. The summed E-state index contributed by atoms with van der Waals surface area (Å²) in [6.07, 6.45) is -5.42. The van der Waals surface area contributed by atoms with E-state index in [0.717, 1.165) is 0 Å². The number of nitrogens with zero attached hydrogens (tertiary/aromatic N) is 2. The van der Waals surface area contributed by atoms with Crippen LogP contribution in [-0.2, 0) is 16.0 Å². The molecular formula is C20H12F3N2O4-. The van der Waals surface area contributed by atoms with Crippen LogP contribution in [0.3, 0.4) is 0 Å². The molecule has 0 spiro atoms. The molecule has 0 aliphatic heterocycles. The van der Waals surface area contributed by atoms with Gasteiger partial charge in [-0.3, -0.25) is 9.69 Å². The van der Waals surface area contributed by atoms with Crippen LogP contribution in [0.4, 0.5) is 24.5 Å². The minimum Gasteiger partial charge on any atom is -0.875 e. The minimum absolute atomic E-state index is 0.0140. The van der Waals surface area contributed by atoms with Crippen LogP contribution in [0.15, 0.2) is 48.2 Å². The summed E-state index contributed by atoms with van der Waals surface area (Å²) < 4.78 is 40.0. The van der Waals surface area contributed by atoms with Crippen LogP contribution in [0.2, 0.25) is 0 Å². The molecular weight excluding hydrogens is 389 g/mol. The van der Waals surface area contributed by atoms with E-state index in [9.17, 15) is 33.0 Å². The van der Waals surface area contributed by atoms with Crippen molar-refractivity contribution in [1.82, 2.24) is 0 Å². The third kappa shape index (κ3) is 3.65. The van der Waals surface area contributed by atoms with Gasteiger partial charge in [0.1, 0.15) is 0 Å². The normalized spacial score (nSPS) is 13.4. The van der Waals surface area contributed by atoms with Gasteiger partial charge in [0, 0.05) is 5.69 Å². The molecule has 0 radical (unpaired) electrons. The Labute approximate surface area is 162 Å². The van der Waals surface area contributed by atoms with Crippen LogP contribution in [0, 0.1) is 11.3 Å². The van der Waals surface area contributed by atoms with E-state index in [0.29, 0.717) is 4.90 Å². The molecule has 6 nitrogen and oxygen atoms in total. The second-order valence-corrected chi connectivity index (χ2v) is 6.20. The van der Waals surface area contributed by atoms with E-state index in [4.69, 9.17) is 5.26 Å². The van der Waals surface area contributed by atoms with E-state index in [2.05, 4.69) is 0 Å². The topological polar surface area (TPSA) is 104 Å². The number of carbonyl (C=O) groups is 2. The van der Waals surface area contributed by atoms with Crippen molar-refractivity contribution >= 4 is 28.8 Å². The van der Waals surface area contributed by atoms with Gasteiger partial charge >= 0.3 is 18.1 Å². The number of hydrogen-bond acceptors (Lipinski definition) is 4. The highest BCUT2D eigenvalue weighted by molar-refractivity contribution is 6.17. The van der Waals surface area contributed by atoms with E-state index in [1.54, 1.807) is 0 Å². The fourth-order valence-corrected chi connectivity index (χ4v) is 3.21. The molecule has 0 fully saturated rings. The van der Waals surface area contributed by atoms with Crippen molar-refractivity contribution in [2.75, 3.05) is 4.90 Å². The number of allylic oxidation sites excluding steroid dienone is 1. The zero-order valence-corrected chi connectivity index (χ0v) is 14.7. The van der Waals surface area contributed by atoms with Gasteiger partial charge in [-0.1, -0.05) is 12.1 Å². The van der Waals surface area contributed by atoms with E-state index >= 15 is 0 Å². The van der Waals surface area contributed by atoms with Crippen molar-refractivity contribution in [3.8, 4) is 6.07 Å². The zero-order chi connectivity index (χ0) is 21.3. The molecule has 0 atom stereocenters. The molecule has 2 aromatic carbocycles. The second kappa shape index (κ2) is 7.31. The lowest BCUT2D eigenvalue weighted by molar-refractivity contribution is -0.305. The van der Waals surface area contributed by atoms with Crippen LogP contribution >= 0.6 is 0 Å². The van der Waals surface area contributed by atoms with E-state index in [1.165, 1.54) is 42.5 Å². The Bertz CT molecular complexity index is 1070. The van der Waals surface area contributed by atoms with Crippen molar-refractivity contribution in [2.24, 2.45) is 0 Å². The molecule has 2 aromatic rings. The Balaban J connectivity index is 2.24. The number of alkyl halides is 3. The average molecular weight is 401 g/mol. The maximum Gasteiger partial charge on any atom is 0.472 e. The van der Waals surface area contributed by atoms with Gasteiger partial charge in [-0.15, -0.1) is 5.76 Å². The number of nitriles is 1. The first-order valence-corrected chi connectivity index (χ1v) is 8.32. The van der Waals surface area contributed by atoms with Gasteiger partial charge in [-0.25, -0.2) is 4.79 Å². The number of carbonyl (C=O) groups excluding carboxylic acids is 1. The summed E-state index contributed by atoms with van der Waals surface area (Å²) in [7, 11) is 0. The summed E-state index contributed by atoms with van der Waals surface area (Å²) in [4.78, 5) is 24.2. The molecule has 0 heterocycles. The molecule has 29 heavy (non-hydrogen) atoms. The number of fused-ring (bicyclic) bond motifs is 1. The molecule has 1 amide bonds.